The predicted molar refractivity (Wildman–Crippen MR) is 229 cm³/mol. The Kier molecular flexibility index (Phi) is 19.3. The van der Waals surface area contributed by atoms with Crippen LogP contribution >= 0.6 is 24.8 Å². The molecule has 8 rings (SSSR count). The number of hydrogen-bond acceptors (Lipinski definition) is 0. The molecule has 2 aliphatic rings. The van der Waals surface area contributed by atoms with Gasteiger partial charge in [-0.15, -0.1) is 83.5 Å². The predicted octanol–water partition coefficient (Wildman–Crippen LogP) is 12.3. The Bertz CT molecular complexity index is 1760. The van der Waals surface area contributed by atoms with Crippen LogP contribution in [-0.4, -0.2) is 6.88 Å². The fourth-order valence-corrected chi connectivity index (χ4v) is 6.13. The summed E-state index contributed by atoms with van der Waals surface area (Å²) in [4.78, 5) is 0. The summed E-state index contributed by atoms with van der Waals surface area (Å²) < 4.78 is 0. The van der Waals surface area contributed by atoms with E-state index in [1.165, 1.54) is 55.7 Å². The quantitative estimate of drug-likeness (QED) is 0.116. The SMILES string of the molecule is Cl.Cl.[C-]1=C(c2ccccc2)C(c2ccccc2)=CC1c1ccccc1.[C-]1=C(c2ccccc2)C(c2ccccc2)=CC1c1ccccc1.[CH3-].[CH3-].[SiH2]=[Zr]. The van der Waals surface area contributed by atoms with E-state index in [9.17, 15) is 0 Å². The molecule has 0 aromatic heterocycles. The zero-order valence-corrected chi connectivity index (χ0v) is 35.2. The molecule has 0 spiro atoms. The second-order valence-corrected chi connectivity index (χ2v) is 11.4. The van der Waals surface area contributed by atoms with E-state index in [0.29, 0.717) is 0 Å². The van der Waals surface area contributed by atoms with E-state index in [1.54, 1.807) is 23.3 Å². The first-order chi connectivity index (χ1) is 23.8. The Morgan fingerprint density at radius 3 is 0.846 bits per heavy atom. The molecule has 0 saturated carbocycles. The Morgan fingerprint density at radius 1 is 0.346 bits per heavy atom. The third-order valence-corrected chi connectivity index (χ3v) is 8.42. The second kappa shape index (κ2) is 22.8. The average Bonchev–Trinajstić information content (AvgIpc) is 3.85. The first-order valence-electron chi connectivity index (χ1n) is 16.2. The summed E-state index contributed by atoms with van der Waals surface area (Å²) in [5.41, 5.74) is 12.4. The van der Waals surface area contributed by atoms with Gasteiger partial charge in [0.15, 0.2) is 0 Å². The van der Waals surface area contributed by atoms with Crippen molar-refractivity contribution in [1.82, 2.24) is 0 Å². The van der Waals surface area contributed by atoms with Gasteiger partial charge in [-0.1, -0.05) is 180 Å². The van der Waals surface area contributed by atoms with Crippen LogP contribution in [0.15, 0.2) is 194 Å². The van der Waals surface area contributed by atoms with Gasteiger partial charge in [-0.25, -0.2) is 0 Å². The maximum absolute atomic E-state index is 3.70. The Hall–Kier alpha value is -4.04. The molecule has 2 atom stereocenters. The third kappa shape index (κ3) is 11.0. The van der Waals surface area contributed by atoms with Crippen molar-refractivity contribution in [3.63, 3.8) is 0 Å². The molecule has 0 heterocycles. The van der Waals surface area contributed by atoms with Crippen molar-refractivity contribution in [3.8, 4) is 0 Å². The summed E-state index contributed by atoms with van der Waals surface area (Å²) in [7, 11) is 0. The molecule has 6 aromatic rings. The molecule has 0 aliphatic heterocycles. The van der Waals surface area contributed by atoms with Crippen molar-refractivity contribution >= 4 is 54.0 Å². The van der Waals surface area contributed by atoms with Crippen molar-refractivity contribution in [2.75, 3.05) is 0 Å². The fraction of sp³-hybridized carbons (Fsp3) is 0.0417. The van der Waals surface area contributed by atoms with Gasteiger partial charge in [0.25, 0.3) is 0 Å². The number of hydrogen-bond donors (Lipinski definition) is 0. The molecule has 0 nitrogen and oxygen atoms in total. The second-order valence-electron chi connectivity index (χ2n) is 11.4. The number of allylic oxidation sites excluding steroid dienone is 8. The van der Waals surface area contributed by atoms with Gasteiger partial charge in [0, 0.05) is 0 Å². The van der Waals surface area contributed by atoms with Gasteiger partial charge in [-0.2, -0.15) is 23.3 Å². The van der Waals surface area contributed by atoms with Gasteiger partial charge in [0.05, 0.1) is 0 Å². The molecule has 0 amide bonds. The van der Waals surface area contributed by atoms with Crippen LogP contribution in [0.2, 0.25) is 0 Å². The van der Waals surface area contributed by atoms with Crippen molar-refractivity contribution in [1.29, 1.82) is 0 Å². The Labute approximate surface area is 341 Å². The molecule has 262 valence electrons. The van der Waals surface area contributed by atoms with Gasteiger partial charge < -0.3 is 14.9 Å². The molecule has 0 N–H and O–H groups in total. The fourth-order valence-electron chi connectivity index (χ4n) is 6.13. The monoisotopic (exact) mass is 808 g/mol. The maximum atomic E-state index is 3.70. The van der Waals surface area contributed by atoms with E-state index >= 15 is 0 Å². The molecule has 2 aliphatic carbocycles. The van der Waals surface area contributed by atoms with E-state index in [2.05, 4.69) is 206 Å². The number of rotatable bonds is 6. The van der Waals surface area contributed by atoms with Gasteiger partial charge in [-0.05, 0) is 11.8 Å². The molecular formula is C48H44Cl2SiZr-4. The third-order valence-electron chi connectivity index (χ3n) is 8.42. The van der Waals surface area contributed by atoms with Gasteiger partial charge in [-0.3, -0.25) is 0 Å². The molecule has 2 unspecified atom stereocenters. The van der Waals surface area contributed by atoms with E-state index in [4.69, 9.17) is 0 Å². The van der Waals surface area contributed by atoms with E-state index in [0.717, 1.165) is 0 Å². The first-order valence-corrected chi connectivity index (χ1v) is 22.1. The van der Waals surface area contributed by atoms with Gasteiger partial charge >= 0.3 is 30.2 Å². The summed E-state index contributed by atoms with van der Waals surface area (Å²) in [5, 5.41) is 0. The molecule has 52 heavy (non-hydrogen) atoms. The van der Waals surface area contributed by atoms with E-state index in [-0.39, 0.29) is 51.5 Å². The van der Waals surface area contributed by atoms with Crippen LogP contribution in [0, 0.1) is 27.0 Å². The summed E-state index contributed by atoms with van der Waals surface area (Å²) in [6, 6.07) is 63.4. The molecule has 6 aromatic carbocycles. The van der Waals surface area contributed by atoms with Crippen molar-refractivity contribution in [2.24, 2.45) is 0 Å². The topological polar surface area (TPSA) is 0 Å². The minimum atomic E-state index is 0. The molecule has 0 fully saturated rings. The molecule has 0 radical (unpaired) electrons. The standard InChI is InChI=1S/2C23H17.2CH3.2ClH.H2Si.Zr/c2*1-4-10-18(11-5-1)21-16-22(19-12-6-2-7-13-19)23(17-21)20-14-8-3-9-15-20;;;;;;/h2*1-16,21H;2*1H3;2*1H;1H2;/q4*-1;;;;. The molecule has 4 heteroatoms. The summed E-state index contributed by atoms with van der Waals surface area (Å²) in [6.07, 6.45) is 12.0. The zero-order chi connectivity index (χ0) is 33.0. The summed E-state index contributed by atoms with van der Waals surface area (Å²) >= 11 is 1.58. The number of benzene rings is 6. The van der Waals surface area contributed by atoms with E-state index < -0.39 is 0 Å². The average molecular weight is 811 g/mol. The molecule has 0 bridgehead atoms. The van der Waals surface area contributed by atoms with Crippen molar-refractivity contribution in [2.45, 2.75) is 11.8 Å². The minimum absolute atomic E-state index is 0. The van der Waals surface area contributed by atoms with Crippen LogP contribution in [0.4, 0.5) is 0 Å². The van der Waals surface area contributed by atoms with Crippen LogP contribution < -0.4 is 0 Å². The van der Waals surface area contributed by atoms with Crippen LogP contribution in [0.25, 0.3) is 22.3 Å². The van der Waals surface area contributed by atoms with Crippen LogP contribution in [0.5, 0.6) is 0 Å². The van der Waals surface area contributed by atoms with Crippen LogP contribution in [0.3, 0.4) is 0 Å². The van der Waals surface area contributed by atoms with Crippen molar-refractivity contribution < 1.29 is 23.3 Å². The Balaban J connectivity index is 0.000000320. The summed E-state index contributed by atoms with van der Waals surface area (Å²) in [5.74, 6) is 0.420. The van der Waals surface area contributed by atoms with Gasteiger partial charge in [0.1, 0.15) is 0 Å². The molecule has 0 saturated heterocycles. The normalized spacial score (nSPS) is 14.9. The van der Waals surface area contributed by atoms with Gasteiger partial charge in [0.2, 0.25) is 0 Å². The summed E-state index contributed by atoms with van der Waals surface area (Å²) in [6.45, 7) is 1.95. The molecular weight excluding hydrogens is 767 g/mol. The number of halogens is 2. The van der Waals surface area contributed by atoms with E-state index in [1.807, 2.05) is 6.88 Å². The Morgan fingerprint density at radius 2 is 0.577 bits per heavy atom. The van der Waals surface area contributed by atoms with Crippen LogP contribution in [-0.2, 0) is 23.3 Å². The van der Waals surface area contributed by atoms with Crippen LogP contribution in [0.1, 0.15) is 45.2 Å². The first kappa shape index (κ1) is 44.1. The zero-order valence-electron chi connectivity index (χ0n) is 29.7. The van der Waals surface area contributed by atoms with Crippen molar-refractivity contribution in [3.05, 3.63) is 255 Å².